The van der Waals surface area contributed by atoms with Crippen LogP contribution in [-0.4, -0.2) is 96.5 Å². The van der Waals surface area contributed by atoms with E-state index in [0.717, 1.165) is 35.3 Å². The molecule has 1 N–H and O–H groups in total. The van der Waals surface area contributed by atoms with Crippen LogP contribution in [-0.2, 0) is 21.1 Å². The van der Waals surface area contributed by atoms with Crippen molar-refractivity contribution in [3.63, 3.8) is 0 Å². The maximum absolute atomic E-state index is 14.7. The van der Waals surface area contributed by atoms with Crippen molar-refractivity contribution >= 4 is 46.2 Å². The number of carbonyl (C=O) groups is 3. The van der Waals surface area contributed by atoms with E-state index in [1.165, 1.54) is 0 Å². The van der Waals surface area contributed by atoms with Gasteiger partial charge in [0.2, 0.25) is 17.7 Å². The number of likely N-dealkylation sites (tertiary alicyclic amines) is 1. The van der Waals surface area contributed by atoms with Crippen molar-refractivity contribution in [2.24, 2.45) is 11.8 Å². The summed E-state index contributed by atoms with van der Waals surface area (Å²) >= 11 is 1.59. The van der Waals surface area contributed by atoms with Crippen LogP contribution in [0.5, 0.6) is 5.75 Å². The maximum Gasteiger partial charge on any atom is 0.248 e. The highest BCUT2D eigenvalue weighted by Crippen LogP contribution is 2.61. The number of aliphatic hydroxyl groups is 1. The van der Waals surface area contributed by atoms with Crippen LogP contribution < -0.4 is 9.64 Å². The number of aliphatic hydroxyl groups excluding tert-OH is 1. The van der Waals surface area contributed by atoms with Gasteiger partial charge in [0, 0.05) is 37.2 Å². The number of benzene rings is 2. The van der Waals surface area contributed by atoms with Gasteiger partial charge < -0.3 is 24.5 Å². The van der Waals surface area contributed by atoms with Crippen LogP contribution in [0.2, 0.25) is 0 Å². The molecule has 246 valence electrons. The smallest absolute Gasteiger partial charge is 0.248 e. The lowest BCUT2D eigenvalue weighted by atomic mass is 9.78. The monoisotopic (exact) mass is 656 g/mol. The molecule has 11 nitrogen and oxygen atoms in total. The van der Waals surface area contributed by atoms with E-state index in [0.29, 0.717) is 39.1 Å². The molecule has 7 rings (SSSR count). The van der Waals surface area contributed by atoms with E-state index >= 15 is 0 Å². The topological polar surface area (TPSA) is 121 Å². The lowest BCUT2D eigenvalue weighted by molar-refractivity contribution is -0.143. The molecule has 4 aliphatic rings. The predicted octanol–water partition coefficient (Wildman–Crippen LogP) is 3.64. The molecule has 2 aromatic carbocycles. The van der Waals surface area contributed by atoms with Crippen LogP contribution in [0.25, 0.3) is 11.0 Å². The quantitative estimate of drug-likeness (QED) is 0.246. The molecule has 0 aliphatic carbocycles. The number of aromatic nitrogens is 3. The molecule has 5 atom stereocenters. The minimum absolute atomic E-state index is 0.105. The summed E-state index contributed by atoms with van der Waals surface area (Å²) in [5.41, 5.74) is 2.32. The van der Waals surface area contributed by atoms with E-state index in [1.54, 1.807) is 31.1 Å². The van der Waals surface area contributed by atoms with Gasteiger partial charge in [-0.2, -0.15) is 0 Å². The van der Waals surface area contributed by atoms with Crippen molar-refractivity contribution < 1.29 is 24.2 Å². The molecule has 0 saturated carbocycles. The molecule has 1 aromatic heterocycles. The Morgan fingerprint density at radius 3 is 2.57 bits per heavy atom. The average Bonchev–Trinajstić information content (AvgIpc) is 3.63. The molecule has 3 aromatic rings. The Morgan fingerprint density at radius 1 is 0.957 bits per heavy atom. The van der Waals surface area contributed by atoms with E-state index in [-0.39, 0.29) is 36.2 Å². The van der Waals surface area contributed by atoms with Gasteiger partial charge in [0.1, 0.15) is 24.0 Å². The third-order valence-electron chi connectivity index (χ3n) is 9.73. The van der Waals surface area contributed by atoms with Crippen molar-refractivity contribution in [2.45, 2.75) is 55.3 Å². The van der Waals surface area contributed by atoms with Gasteiger partial charge in [0.15, 0.2) is 0 Å². The summed E-state index contributed by atoms with van der Waals surface area (Å²) in [6.45, 7) is 3.98. The summed E-state index contributed by atoms with van der Waals surface area (Å²) in [4.78, 5) is 49.1. The molecule has 5 heterocycles. The van der Waals surface area contributed by atoms with E-state index in [1.807, 2.05) is 73.7 Å². The molecule has 2 saturated heterocycles. The van der Waals surface area contributed by atoms with Crippen molar-refractivity contribution in [1.29, 1.82) is 0 Å². The summed E-state index contributed by atoms with van der Waals surface area (Å²) in [5, 5.41) is 17.6. The fourth-order valence-electron chi connectivity index (χ4n) is 7.60. The Morgan fingerprint density at radius 2 is 1.77 bits per heavy atom. The Kier molecular flexibility index (Phi) is 8.80. The predicted molar refractivity (Wildman–Crippen MR) is 180 cm³/mol. The number of hydrogen-bond donors (Lipinski definition) is 1. The molecule has 12 heteroatoms. The number of nitrogens with zero attached hydrogens (tertiary/aromatic N) is 6. The summed E-state index contributed by atoms with van der Waals surface area (Å²) in [6.07, 6.45) is 11.2. The van der Waals surface area contributed by atoms with Crippen LogP contribution >= 0.6 is 11.8 Å². The number of thioether (sulfide) groups is 1. The molecule has 3 amide bonds. The van der Waals surface area contributed by atoms with Gasteiger partial charge in [0.05, 0.1) is 28.7 Å². The molecule has 4 aliphatic heterocycles. The summed E-state index contributed by atoms with van der Waals surface area (Å²) < 4.78 is 6.44. The van der Waals surface area contributed by atoms with Gasteiger partial charge in [-0.05, 0) is 56.2 Å². The lowest BCUT2D eigenvalue weighted by Crippen LogP contribution is -2.53. The molecule has 1 spiro atoms. The van der Waals surface area contributed by atoms with Crippen molar-refractivity contribution in [1.82, 2.24) is 24.8 Å². The van der Waals surface area contributed by atoms with Gasteiger partial charge in [-0.25, -0.2) is 4.68 Å². The number of unbranched alkanes of at least 4 members (excludes halogenated alkanes) is 3. The molecule has 47 heavy (non-hydrogen) atoms. The average molecular weight is 657 g/mol. The second kappa shape index (κ2) is 13.2. The highest BCUT2D eigenvalue weighted by Gasteiger charge is 2.71. The van der Waals surface area contributed by atoms with Gasteiger partial charge in [-0.1, -0.05) is 54.5 Å². The van der Waals surface area contributed by atoms with Crippen LogP contribution in [0, 0.1) is 11.8 Å². The van der Waals surface area contributed by atoms with Crippen LogP contribution in [0.1, 0.15) is 32.6 Å². The molecule has 0 radical (unpaired) electrons. The summed E-state index contributed by atoms with van der Waals surface area (Å²) in [6, 6.07) is 14.4. The minimum atomic E-state index is -0.893. The third-order valence-corrected chi connectivity index (χ3v) is 11.5. The number of amides is 3. The first-order valence-corrected chi connectivity index (χ1v) is 17.4. The first-order valence-electron chi connectivity index (χ1n) is 16.5. The zero-order valence-electron chi connectivity index (χ0n) is 26.5. The van der Waals surface area contributed by atoms with Gasteiger partial charge in [-0.3, -0.25) is 14.4 Å². The second-order valence-electron chi connectivity index (χ2n) is 12.5. The number of carbonyl (C=O) groups excluding carboxylic acids is 3. The van der Waals surface area contributed by atoms with Crippen molar-refractivity contribution in [3.05, 3.63) is 72.8 Å². The maximum atomic E-state index is 14.7. The number of rotatable bonds is 11. The zero-order valence-corrected chi connectivity index (χ0v) is 27.3. The molecule has 2 fully saturated rings. The van der Waals surface area contributed by atoms with E-state index in [9.17, 15) is 19.5 Å². The Labute approximate surface area is 278 Å². The molecule has 1 unspecified atom stereocenters. The largest absolute Gasteiger partial charge is 0.494 e. The van der Waals surface area contributed by atoms with Gasteiger partial charge >= 0.3 is 0 Å². The lowest BCUT2D eigenvalue weighted by Gasteiger charge is -2.35. The van der Waals surface area contributed by atoms with E-state index < -0.39 is 22.6 Å². The van der Waals surface area contributed by atoms with Crippen LogP contribution in [0.3, 0.4) is 0 Å². The second-order valence-corrected chi connectivity index (χ2v) is 14.0. The van der Waals surface area contributed by atoms with E-state index in [2.05, 4.69) is 16.4 Å². The normalized spacial score (nSPS) is 26.9. The minimum Gasteiger partial charge on any atom is -0.494 e. The highest BCUT2D eigenvalue weighted by molar-refractivity contribution is 8.02. The summed E-state index contributed by atoms with van der Waals surface area (Å²) in [5.74, 6) is -0.971. The highest BCUT2D eigenvalue weighted by atomic mass is 32.2. The third kappa shape index (κ3) is 5.50. The number of ether oxygens (including phenoxy) is 1. The Hall–Kier alpha value is -4.16. The first kappa shape index (κ1) is 31.4. The fourth-order valence-corrected chi connectivity index (χ4v) is 9.61. The first-order chi connectivity index (χ1) is 23.0. The van der Waals surface area contributed by atoms with Gasteiger partial charge in [-0.15, -0.1) is 16.9 Å². The Bertz CT molecular complexity index is 1710. The SMILES string of the molecule is CCOc1ccc(N2CC=C[C@@H]3S[C@]45C=CCN(Cn6nnc7ccccc76)C(=O)C4N(CCCCCCO)C(=O)[C@@H]5[C@@H]3C2=O)cc1. The number of anilines is 1. The molecular formula is C35H40N6O5S. The van der Waals surface area contributed by atoms with Crippen molar-refractivity contribution in [2.75, 3.05) is 37.7 Å². The number of hydrogen-bond acceptors (Lipinski definition) is 8. The molecule has 0 bridgehead atoms. The molecular weight excluding hydrogens is 616 g/mol. The summed E-state index contributed by atoms with van der Waals surface area (Å²) in [7, 11) is 0. The van der Waals surface area contributed by atoms with Crippen molar-refractivity contribution in [3.8, 4) is 5.75 Å². The standard InChI is InChI=1S/C35H40N6O5S/c1-2-46-25-16-14-24(15-17-25)39-21-9-13-28-29(32(39)43)30-33(44)40(20-7-3-4-8-22-42)31-34(45)38(19-10-18-35(30,31)47-28)23-41-27-12-6-5-11-26(27)36-37-41/h5-6,9-18,28-31,42H,2-4,7-8,19-23H2,1H3/t28-,29+,30-,31?,35-/m0/s1. The Balaban J connectivity index is 1.22. The van der Waals surface area contributed by atoms with Crippen LogP contribution in [0.15, 0.2) is 72.8 Å². The van der Waals surface area contributed by atoms with E-state index in [4.69, 9.17) is 4.74 Å². The number of fused-ring (bicyclic) bond motifs is 3. The van der Waals surface area contributed by atoms with Gasteiger partial charge in [0.25, 0.3) is 0 Å². The zero-order chi connectivity index (χ0) is 32.5. The number of para-hydroxylation sites is 1. The fraction of sp³-hybridized carbons (Fsp3) is 0.457. The van der Waals surface area contributed by atoms with Crippen LogP contribution in [0.4, 0.5) is 5.69 Å².